The summed E-state index contributed by atoms with van der Waals surface area (Å²) in [6, 6.07) is 45.6. The molecule has 302 valence electrons. The summed E-state index contributed by atoms with van der Waals surface area (Å²) in [5, 5.41) is 1.35. The summed E-state index contributed by atoms with van der Waals surface area (Å²) in [6.07, 6.45) is 3.52. The van der Waals surface area contributed by atoms with E-state index in [4.69, 9.17) is 0 Å². The molecule has 4 heteroatoms. The molecule has 1 aromatic heterocycles. The van der Waals surface area contributed by atoms with Crippen LogP contribution in [0.15, 0.2) is 115 Å². The lowest BCUT2D eigenvalue weighted by molar-refractivity contribution is 0.590. The van der Waals surface area contributed by atoms with Crippen molar-refractivity contribution in [2.45, 2.75) is 118 Å². The summed E-state index contributed by atoms with van der Waals surface area (Å²) < 4.78 is 2.78. The summed E-state index contributed by atoms with van der Waals surface area (Å²) >= 11 is 2.00. The van der Waals surface area contributed by atoms with E-state index in [0.717, 1.165) is 12.8 Å². The van der Waals surface area contributed by atoms with Gasteiger partial charge in [-0.3, -0.25) is 0 Å². The maximum atomic E-state index is 2.64. The highest BCUT2D eigenvalue weighted by atomic mass is 32.1. The first kappa shape index (κ1) is 39.1. The molecule has 60 heavy (non-hydrogen) atoms. The lowest BCUT2D eigenvalue weighted by Gasteiger charge is -2.44. The number of fused-ring (bicyclic) bond motifs is 7. The normalized spacial score (nSPS) is 14.8. The van der Waals surface area contributed by atoms with E-state index in [2.05, 4.69) is 201 Å². The topological polar surface area (TPSA) is 6.48 Å². The zero-order valence-corrected chi connectivity index (χ0v) is 38.4. The lowest BCUT2D eigenvalue weighted by atomic mass is 9.36. The Bertz CT molecular complexity index is 2840. The van der Waals surface area contributed by atoms with E-state index < -0.39 is 0 Å². The summed E-state index contributed by atoms with van der Waals surface area (Å²) in [7, 11) is 0. The second-order valence-electron chi connectivity index (χ2n) is 21.1. The fourth-order valence-corrected chi connectivity index (χ4v) is 11.5. The van der Waals surface area contributed by atoms with Crippen LogP contribution in [0.3, 0.4) is 0 Å². The highest BCUT2D eigenvalue weighted by Gasteiger charge is 2.46. The molecule has 2 aliphatic heterocycles. The summed E-state index contributed by atoms with van der Waals surface area (Å²) in [5.74, 6) is 0.409. The van der Waals surface area contributed by atoms with Crippen LogP contribution in [0.1, 0.15) is 122 Å². The number of anilines is 6. The molecule has 1 aliphatic carbocycles. The molecule has 0 saturated carbocycles. The van der Waals surface area contributed by atoms with Gasteiger partial charge in [-0.05, 0) is 146 Å². The van der Waals surface area contributed by atoms with Crippen molar-refractivity contribution in [1.82, 2.24) is 0 Å². The summed E-state index contributed by atoms with van der Waals surface area (Å²) in [6.45, 7) is 25.7. The maximum absolute atomic E-state index is 2.64. The van der Waals surface area contributed by atoms with Crippen LogP contribution in [0, 0.1) is 0 Å². The third kappa shape index (κ3) is 6.19. The molecular formula is C56H59BN2S. The van der Waals surface area contributed by atoms with Gasteiger partial charge in [-0.1, -0.05) is 137 Å². The van der Waals surface area contributed by atoms with E-state index >= 15 is 0 Å². The van der Waals surface area contributed by atoms with Gasteiger partial charge in [0.25, 0.3) is 6.71 Å². The van der Waals surface area contributed by atoms with E-state index in [9.17, 15) is 0 Å². The first-order chi connectivity index (χ1) is 28.5. The summed E-state index contributed by atoms with van der Waals surface area (Å²) in [5.41, 5.74) is 21.8. The first-order valence-corrected chi connectivity index (χ1v) is 23.1. The molecule has 0 amide bonds. The standard InChI is InChI=1S/C56H59BN2S/c1-34(2)36-21-28-47-45(31-36)57-51-48(58(40-26-22-37(23-27-40)54(3,4)5)52-44-33-39(56(9,10)11)25-30-50(44)60-53(52)57)19-14-20-49(51)59(47)46-29-24-38(55(6,7)8)32-43(46)42-18-13-16-35-15-12-17-41(35)42/h13-14,16,18-34H,12,15,17H2,1-11H3. The van der Waals surface area contributed by atoms with Crippen LogP contribution >= 0.6 is 11.3 Å². The van der Waals surface area contributed by atoms with Gasteiger partial charge in [-0.15, -0.1) is 11.3 Å². The smallest absolute Gasteiger partial charge is 0.264 e. The Morgan fingerprint density at radius 2 is 1.20 bits per heavy atom. The van der Waals surface area contributed by atoms with E-state index in [0.29, 0.717) is 5.92 Å². The Morgan fingerprint density at radius 3 is 1.90 bits per heavy atom. The first-order valence-electron chi connectivity index (χ1n) is 22.3. The van der Waals surface area contributed by atoms with Crippen molar-refractivity contribution in [2.75, 3.05) is 9.80 Å². The number of thiophene rings is 1. The second-order valence-corrected chi connectivity index (χ2v) is 22.2. The van der Waals surface area contributed by atoms with Crippen molar-refractivity contribution in [1.29, 1.82) is 0 Å². The Balaban J connectivity index is 1.30. The molecular weight excluding hydrogens is 744 g/mol. The number of aryl methyl sites for hydroxylation is 1. The van der Waals surface area contributed by atoms with Crippen molar-refractivity contribution >= 4 is 78.0 Å². The van der Waals surface area contributed by atoms with E-state index in [1.54, 1.807) is 0 Å². The minimum absolute atomic E-state index is 0.0156. The van der Waals surface area contributed by atoms with Crippen LogP contribution in [0.4, 0.5) is 34.1 Å². The van der Waals surface area contributed by atoms with E-state index in [-0.39, 0.29) is 23.0 Å². The molecule has 0 spiro atoms. The van der Waals surface area contributed by atoms with E-state index in [1.165, 1.54) is 111 Å². The van der Waals surface area contributed by atoms with Crippen molar-refractivity contribution in [3.8, 4) is 11.1 Å². The highest BCUT2D eigenvalue weighted by Crippen LogP contribution is 2.51. The molecule has 0 unspecified atom stereocenters. The maximum Gasteiger partial charge on any atom is 0.264 e. The van der Waals surface area contributed by atoms with Crippen LogP contribution in [0.5, 0.6) is 0 Å². The predicted molar refractivity (Wildman–Crippen MR) is 263 cm³/mol. The molecule has 0 atom stereocenters. The van der Waals surface area contributed by atoms with Crippen molar-refractivity contribution in [3.05, 3.63) is 149 Å². The van der Waals surface area contributed by atoms with Crippen LogP contribution in [-0.2, 0) is 29.1 Å². The Morgan fingerprint density at radius 1 is 0.567 bits per heavy atom. The van der Waals surface area contributed by atoms with Gasteiger partial charge in [0.05, 0.1) is 11.4 Å². The van der Waals surface area contributed by atoms with Gasteiger partial charge in [0.1, 0.15) is 0 Å². The highest BCUT2D eigenvalue weighted by molar-refractivity contribution is 7.33. The molecule has 0 fully saturated rings. The van der Waals surface area contributed by atoms with Crippen molar-refractivity contribution in [3.63, 3.8) is 0 Å². The van der Waals surface area contributed by atoms with Crippen molar-refractivity contribution in [2.24, 2.45) is 0 Å². The van der Waals surface area contributed by atoms with Gasteiger partial charge >= 0.3 is 0 Å². The number of nitrogens with zero attached hydrogens (tertiary/aromatic N) is 2. The predicted octanol–water partition coefficient (Wildman–Crippen LogP) is 14.2. The number of benzene rings is 6. The molecule has 7 aromatic rings. The average molecular weight is 803 g/mol. The van der Waals surface area contributed by atoms with Crippen molar-refractivity contribution < 1.29 is 0 Å². The van der Waals surface area contributed by atoms with Gasteiger partial charge in [-0.25, -0.2) is 0 Å². The largest absolute Gasteiger partial charge is 0.311 e. The number of hydrogen-bond acceptors (Lipinski definition) is 3. The quantitative estimate of drug-likeness (QED) is 0.164. The monoisotopic (exact) mass is 802 g/mol. The van der Waals surface area contributed by atoms with Crippen LogP contribution in [0.2, 0.25) is 0 Å². The lowest BCUT2D eigenvalue weighted by Crippen LogP contribution is -2.60. The molecule has 0 saturated heterocycles. The van der Waals surface area contributed by atoms with Crippen LogP contribution in [-0.4, -0.2) is 6.71 Å². The molecule has 3 aliphatic rings. The Kier molecular flexibility index (Phi) is 8.95. The third-order valence-corrected chi connectivity index (χ3v) is 14.9. The molecule has 10 rings (SSSR count). The van der Waals surface area contributed by atoms with Crippen LogP contribution in [0.25, 0.3) is 21.2 Å². The summed E-state index contributed by atoms with van der Waals surface area (Å²) in [4.78, 5) is 5.26. The fraction of sp³-hybridized carbons (Fsp3) is 0.321. The molecule has 0 radical (unpaired) electrons. The number of hydrogen-bond donors (Lipinski definition) is 0. The third-order valence-electron chi connectivity index (χ3n) is 13.7. The van der Waals surface area contributed by atoms with Gasteiger partial charge in [0.15, 0.2) is 0 Å². The average Bonchev–Trinajstić information content (AvgIpc) is 3.85. The minimum Gasteiger partial charge on any atom is -0.311 e. The zero-order valence-electron chi connectivity index (χ0n) is 37.5. The fourth-order valence-electron chi connectivity index (χ4n) is 10.2. The molecule has 2 nitrogen and oxygen atoms in total. The number of rotatable bonds is 4. The van der Waals surface area contributed by atoms with Crippen LogP contribution < -0.4 is 25.5 Å². The van der Waals surface area contributed by atoms with Gasteiger partial charge in [0, 0.05) is 43.2 Å². The second kappa shape index (κ2) is 13.7. The molecule has 6 aromatic carbocycles. The zero-order chi connectivity index (χ0) is 42.0. The minimum atomic E-state index is 0.0156. The Hall–Kier alpha value is -5.06. The molecule has 0 bridgehead atoms. The van der Waals surface area contributed by atoms with E-state index in [1.807, 2.05) is 11.3 Å². The van der Waals surface area contributed by atoms with Gasteiger partial charge < -0.3 is 9.80 Å². The SMILES string of the molecule is CC(C)c1ccc2c(c1)B1c3sc4ccc(C(C)(C)C)cc4c3N(c3ccc(C(C)(C)C)cc3)c3cccc(c31)N2c1ccc(C(C)(C)C)cc1-c1cccc2c1CCC2. The molecule has 0 N–H and O–H groups in total. The van der Waals surface area contributed by atoms with Gasteiger partial charge in [-0.2, -0.15) is 0 Å². The Labute approximate surface area is 363 Å². The molecule has 3 heterocycles. The van der Waals surface area contributed by atoms with Gasteiger partial charge in [0.2, 0.25) is 0 Å².